The number of hydrogen-bond donors (Lipinski definition) is 4. The Bertz CT molecular complexity index is 1460. The summed E-state index contributed by atoms with van der Waals surface area (Å²) in [5.74, 6) is 0.376. The highest BCUT2D eigenvalue weighted by Crippen LogP contribution is 2.29. The molecule has 1 unspecified atom stereocenters. The normalized spacial score (nSPS) is 15.5. The molecule has 2 atom stereocenters. The number of nitrogens with one attached hydrogen (secondary N) is 2. The van der Waals surface area contributed by atoms with Gasteiger partial charge < -0.3 is 21.6 Å². The van der Waals surface area contributed by atoms with Crippen LogP contribution in [0.25, 0.3) is 0 Å². The van der Waals surface area contributed by atoms with Crippen molar-refractivity contribution in [3.8, 4) is 11.8 Å². The van der Waals surface area contributed by atoms with Gasteiger partial charge in [-0.1, -0.05) is 30.3 Å². The third kappa shape index (κ3) is 4.14. The summed E-state index contributed by atoms with van der Waals surface area (Å²) < 4.78 is 1.72. The zero-order valence-corrected chi connectivity index (χ0v) is 19.5. The first-order valence-electron chi connectivity index (χ1n) is 11.4. The van der Waals surface area contributed by atoms with E-state index in [2.05, 4.69) is 20.7 Å². The molecule has 10 nitrogen and oxygen atoms in total. The Kier molecular flexibility index (Phi) is 5.88. The minimum atomic E-state index is -0.531. The molecule has 1 aliphatic heterocycles. The van der Waals surface area contributed by atoms with Crippen molar-refractivity contribution < 1.29 is 9.90 Å². The van der Waals surface area contributed by atoms with E-state index in [9.17, 15) is 15.2 Å². The molecule has 36 heavy (non-hydrogen) atoms. The van der Waals surface area contributed by atoms with Crippen LogP contribution in [0, 0.1) is 11.3 Å². The predicted molar refractivity (Wildman–Crippen MR) is 136 cm³/mol. The first-order valence-corrected chi connectivity index (χ1v) is 11.4. The van der Waals surface area contributed by atoms with E-state index in [0.717, 1.165) is 11.1 Å². The third-order valence-corrected chi connectivity index (χ3v) is 6.11. The van der Waals surface area contributed by atoms with Crippen molar-refractivity contribution in [2.24, 2.45) is 0 Å². The number of para-hydroxylation sites is 1. The van der Waals surface area contributed by atoms with E-state index in [4.69, 9.17) is 5.73 Å². The van der Waals surface area contributed by atoms with Gasteiger partial charge in [0.2, 0.25) is 0 Å². The van der Waals surface area contributed by atoms with Crippen LogP contribution in [0.1, 0.15) is 34.1 Å². The number of anilines is 3. The number of phenols is 1. The van der Waals surface area contributed by atoms with E-state index in [1.54, 1.807) is 27.8 Å². The zero-order chi connectivity index (χ0) is 25.2. The lowest BCUT2D eigenvalue weighted by Crippen LogP contribution is -2.60. The van der Waals surface area contributed by atoms with Gasteiger partial charge in [0.15, 0.2) is 0 Å². The monoisotopic (exact) mass is 480 g/mol. The van der Waals surface area contributed by atoms with Crippen LogP contribution in [0.15, 0.2) is 73.2 Å². The van der Waals surface area contributed by atoms with E-state index in [1.807, 2.05) is 61.7 Å². The summed E-state index contributed by atoms with van der Waals surface area (Å²) in [5.41, 5.74) is 12.4. The van der Waals surface area contributed by atoms with Gasteiger partial charge in [-0.3, -0.25) is 14.4 Å². The molecule has 2 aromatic carbocycles. The standard InChI is InChI=1S/C26H24N8O2/c1-16(31-24-21(14-27)23(28)29-15-30-24)25-32-33-11-10-18(12-17-6-5-9-20(35)13-17)22(33)26(36)34(25)19-7-3-2-4-8-19/h2-11,13,15-16,25,32,35H,12H2,1H3,(H3,28,29,30,31)/t16-,25?/m0/s1. The van der Waals surface area contributed by atoms with Gasteiger partial charge in [-0.15, -0.1) is 0 Å². The molecule has 4 aromatic rings. The summed E-state index contributed by atoms with van der Waals surface area (Å²) in [6.45, 7) is 1.89. The number of phenolic OH excluding ortho intramolecular Hbond substituents is 1. The van der Waals surface area contributed by atoms with Crippen LogP contribution in [0.5, 0.6) is 5.75 Å². The number of nitrogens with zero attached hydrogens (tertiary/aromatic N) is 5. The summed E-state index contributed by atoms with van der Waals surface area (Å²) in [4.78, 5) is 23.7. The van der Waals surface area contributed by atoms with Crippen LogP contribution in [-0.2, 0) is 6.42 Å². The minimum Gasteiger partial charge on any atom is -0.508 e. The Balaban J connectivity index is 1.52. The quantitative estimate of drug-likeness (QED) is 0.329. The molecule has 1 amide bonds. The average molecular weight is 481 g/mol. The Morgan fingerprint density at radius 3 is 2.75 bits per heavy atom. The van der Waals surface area contributed by atoms with Crippen molar-refractivity contribution in [2.75, 3.05) is 21.4 Å². The van der Waals surface area contributed by atoms with Gasteiger partial charge in [-0.05, 0) is 54.8 Å². The highest BCUT2D eigenvalue weighted by molar-refractivity contribution is 6.07. The lowest BCUT2D eigenvalue weighted by molar-refractivity contribution is 0.0954. The van der Waals surface area contributed by atoms with Crippen LogP contribution in [0.3, 0.4) is 0 Å². The molecule has 0 radical (unpaired) electrons. The maximum absolute atomic E-state index is 14.0. The van der Waals surface area contributed by atoms with Gasteiger partial charge >= 0.3 is 0 Å². The maximum atomic E-state index is 14.0. The summed E-state index contributed by atoms with van der Waals surface area (Å²) in [7, 11) is 0. The van der Waals surface area contributed by atoms with Crippen LogP contribution in [0.4, 0.5) is 17.3 Å². The van der Waals surface area contributed by atoms with Gasteiger partial charge in [0.25, 0.3) is 5.91 Å². The lowest BCUT2D eigenvalue weighted by Gasteiger charge is -2.41. The van der Waals surface area contributed by atoms with E-state index in [-0.39, 0.29) is 29.1 Å². The topological polar surface area (TPSA) is 145 Å². The number of fused-ring (bicyclic) bond motifs is 1. The third-order valence-electron chi connectivity index (χ3n) is 6.11. The van der Waals surface area contributed by atoms with E-state index in [0.29, 0.717) is 23.6 Å². The van der Waals surface area contributed by atoms with E-state index in [1.165, 1.54) is 6.33 Å². The first-order chi connectivity index (χ1) is 17.5. The van der Waals surface area contributed by atoms with Crippen LogP contribution in [-0.4, -0.2) is 37.9 Å². The van der Waals surface area contributed by atoms with Crippen LogP contribution >= 0.6 is 0 Å². The number of aromatic nitrogens is 3. The lowest BCUT2D eigenvalue weighted by atomic mass is 10.0. The number of carbonyl (C=O) groups is 1. The Morgan fingerprint density at radius 2 is 2.00 bits per heavy atom. The Morgan fingerprint density at radius 1 is 1.19 bits per heavy atom. The van der Waals surface area contributed by atoms with Gasteiger partial charge in [0.05, 0.1) is 6.04 Å². The Labute approximate surface area is 207 Å². The number of carbonyl (C=O) groups excluding carboxylic acids is 1. The molecule has 0 fully saturated rings. The maximum Gasteiger partial charge on any atom is 0.278 e. The molecule has 2 aromatic heterocycles. The number of nitrogen functional groups attached to an aromatic ring is 1. The highest BCUT2D eigenvalue weighted by atomic mass is 16.3. The number of hydrogen-bond acceptors (Lipinski definition) is 8. The molecule has 0 saturated heterocycles. The molecule has 1 aliphatic rings. The number of aromatic hydroxyl groups is 1. The second-order valence-corrected chi connectivity index (χ2v) is 8.52. The summed E-state index contributed by atoms with van der Waals surface area (Å²) in [5, 5.41) is 22.6. The van der Waals surface area contributed by atoms with Crippen molar-refractivity contribution in [3.05, 3.63) is 95.6 Å². The van der Waals surface area contributed by atoms with Crippen molar-refractivity contribution in [2.45, 2.75) is 25.6 Å². The number of nitriles is 1. The second-order valence-electron chi connectivity index (χ2n) is 8.52. The molecule has 5 rings (SSSR count). The molecule has 0 aliphatic carbocycles. The van der Waals surface area contributed by atoms with Gasteiger partial charge in [0.1, 0.15) is 47.2 Å². The largest absolute Gasteiger partial charge is 0.508 e. The molecule has 0 saturated carbocycles. The molecule has 10 heteroatoms. The predicted octanol–water partition coefficient (Wildman–Crippen LogP) is 3.06. The number of amides is 1. The van der Waals surface area contributed by atoms with Crippen molar-refractivity contribution in [1.82, 2.24) is 14.6 Å². The van der Waals surface area contributed by atoms with Crippen molar-refractivity contribution in [3.63, 3.8) is 0 Å². The van der Waals surface area contributed by atoms with Crippen LogP contribution < -0.4 is 21.4 Å². The minimum absolute atomic E-state index is 0.0825. The Hall–Kier alpha value is -5.04. The molecular formula is C26H24N8O2. The van der Waals surface area contributed by atoms with E-state index < -0.39 is 6.17 Å². The smallest absolute Gasteiger partial charge is 0.278 e. The molecule has 0 spiro atoms. The molecule has 5 N–H and O–H groups in total. The molecule has 3 heterocycles. The summed E-state index contributed by atoms with van der Waals surface area (Å²) in [6.07, 6.45) is 3.06. The molecule has 180 valence electrons. The fourth-order valence-electron chi connectivity index (χ4n) is 4.41. The van der Waals surface area contributed by atoms with E-state index >= 15 is 0 Å². The molecule has 0 bridgehead atoms. The fraction of sp³-hybridized carbons (Fsp3) is 0.154. The number of rotatable bonds is 6. The zero-order valence-electron chi connectivity index (χ0n) is 19.5. The number of benzene rings is 2. The fourth-order valence-corrected chi connectivity index (χ4v) is 4.41. The second kappa shape index (κ2) is 9.31. The molecular weight excluding hydrogens is 456 g/mol. The van der Waals surface area contributed by atoms with Crippen molar-refractivity contribution >= 4 is 23.2 Å². The summed E-state index contributed by atoms with van der Waals surface area (Å²) in [6, 6.07) is 19.9. The first kappa shape index (κ1) is 22.7. The SMILES string of the molecule is C[C@H](Nc1ncnc(N)c1C#N)C1Nn2ccc(Cc3cccc(O)c3)c2C(=O)N1c1ccccc1. The van der Waals surface area contributed by atoms with Crippen molar-refractivity contribution in [1.29, 1.82) is 5.26 Å². The average Bonchev–Trinajstić information content (AvgIpc) is 3.27. The van der Waals surface area contributed by atoms with Gasteiger partial charge in [0, 0.05) is 11.9 Å². The number of nitrogens with two attached hydrogens (primary N) is 1. The highest BCUT2D eigenvalue weighted by Gasteiger charge is 2.38. The summed E-state index contributed by atoms with van der Waals surface area (Å²) >= 11 is 0. The van der Waals surface area contributed by atoms with Gasteiger partial charge in [-0.2, -0.15) is 5.26 Å². The van der Waals surface area contributed by atoms with Crippen LogP contribution in [0.2, 0.25) is 0 Å². The van der Waals surface area contributed by atoms with Gasteiger partial charge in [-0.25, -0.2) is 9.97 Å².